The van der Waals surface area contributed by atoms with E-state index in [4.69, 9.17) is 0 Å². The third-order valence-corrected chi connectivity index (χ3v) is 6.87. The predicted molar refractivity (Wildman–Crippen MR) is 101 cm³/mol. The third-order valence-electron chi connectivity index (χ3n) is 4.15. The van der Waals surface area contributed by atoms with Crippen LogP contribution >= 0.6 is 11.3 Å². The smallest absolute Gasteiger partial charge is 0.242 e. The van der Waals surface area contributed by atoms with Gasteiger partial charge in [0.2, 0.25) is 10.0 Å². The van der Waals surface area contributed by atoms with Crippen LogP contribution in [0.1, 0.15) is 26.6 Å². The number of aryl methyl sites for hydroxylation is 4. The Bertz CT molecular complexity index is 1020. The van der Waals surface area contributed by atoms with E-state index >= 15 is 0 Å². The summed E-state index contributed by atoms with van der Waals surface area (Å²) in [7, 11) is -3.65. The van der Waals surface area contributed by atoms with Crippen molar-refractivity contribution in [3.05, 3.63) is 56.9 Å². The number of thiophene rings is 1. The summed E-state index contributed by atoms with van der Waals surface area (Å²) >= 11 is 1.48. The molecule has 2 aromatic heterocycles. The molecule has 2 N–H and O–H groups in total. The molecule has 0 saturated carbocycles. The molecule has 0 spiro atoms. The van der Waals surface area contributed by atoms with Crippen molar-refractivity contribution in [3.63, 3.8) is 0 Å². The molecule has 0 saturated heterocycles. The Kier molecular flexibility index (Phi) is 4.81. The topological polar surface area (TPSA) is 74.8 Å². The van der Waals surface area contributed by atoms with Gasteiger partial charge in [0.1, 0.15) is 4.90 Å². The number of nitrogens with one attached hydrogen (secondary N) is 2. The van der Waals surface area contributed by atoms with Crippen LogP contribution in [0.3, 0.4) is 0 Å². The average molecular weight is 376 g/mol. The molecular weight excluding hydrogens is 354 g/mol. The highest BCUT2D eigenvalue weighted by Crippen LogP contribution is 2.38. The van der Waals surface area contributed by atoms with Gasteiger partial charge in [0.15, 0.2) is 0 Å². The quantitative estimate of drug-likeness (QED) is 0.711. The fourth-order valence-electron chi connectivity index (χ4n) is 2.88. The van der Waals surface area contributed by atoms with E-state index in [1.165, 1.54) is 11.3 Å². The van der Waals surface area contributed by atoms with E-state index in [1.54, 1.807) is 0 Å². The predicted octanol–water partition coefficient (Wildman–Crippen LogP) is 3.85. The molecule has 1 aromatic carbocycles. The van der Waals surface area contributed by atoms with Gasteiger partial charge in [0, 0.05) is 27.6 Å². The van der Waals surface area contributed by atoms with Gasteiger partial charge >= 0.3 is 0 Å². The summed E-state index contributed by atoms with van der Waals surface area (Å²) in [5, 5.41) is 7.14. The molecule has 0 bridgehead atoms. The summed E-state index contributed by atoms with van der Waals surface area (Å²) in [5.74, 6) is 0. The molecule has 3 rings (SSSR count). The number of sulfonamides is 1. The lowest BCUT2D eigenvalue weighted by atomic mass is 10.1. The molecule has 2 heterocycles. The maximum Gasteiger partial charge on any atom is 0.242 e. The van der Waals surface area contributed by atoms with Crippen LogP contribution in [0.2, 0.25) is 0 Å². The molecular formula is C18H21N3O2S2. The minimum Gasteiger partial charge on any atom is -0.282 e. The maximum atomic E-state index is 13.0. The first-order chi connectivity index (χ1) is 11.8. The zero-order chi connectivity index (χ0) is 18.2. The second kappa shape index (κ2) is 6.74. The van der Waals surface area contributed by atoms with E-state index in [9.17, 15) is 8.42 Å². The van der Waals surface area contributed by atoms with Gasteiger partial charge < -0.3 is 0 Å². The first-order valence-electron chi connectivity index (χ1n) is 7.96. The molecule has 0 aliphatic rings. The van der Waals surface area contributed by atoms with Crippen molar-refractivity contribution in [1.29, 1.82) is 0 Å². The molecule has 3 aromatic rings. The highest BCUT2D eigenvalue weighted by molar-refractivity contribution is 7.89. The summed E-state index contributed by atoms with van der Waals surface area (Å²) in [4.78, 5) is 2.04. The van der Waals surface area contributed by atoms with Crippen LogP contribution in [-0.4, -0.2) is 18.6 Å². The molecule has 0 fully saturated rings. The third kappa shape index (κ3) is 3.53. The van der Waals surface area contributed by atoms with Crippen LogP contribution in [0.15, 0.2) is 35.2 Å². The van der Waals surface area contributed by atoms with Crippen molar-refractivity contribution in [2.75, 3.05) is 0 Å². The van der Waals surface area contributed by atoms with Crippen molar-refractivity contribution >= 4 is 21.4 Å². The minimum atomic E-state index is -3.65. The summed E-state index contributed by atoms with van der Waals surface area (Å²) in [6, 6.07) is 9.63. The van der Waals surface area contributed by atoms with Crippen molar-refractivity contribution < 1.29 is 8.42 Å². The Hall–Kier alpha value is -1.96. The highest BCUT2D eigenvalue weighted by Gasteiger charge is 2.27. The van der Waals surface area contributed by atoms with E-state index < -0.39 is 10.0 Å². The number of aromatic amines is 1. The zero-order valence-electron chi connectivity index (χ0n) is 14.7. The standard InChI is InChI=1S/C18H21N3O2S2/c1-11-7-5-6-8-15(11)10-19-25(22,23)18-14(4)24-13(3)17(18)16-9-12(2)20-21-16/h5-9,19H,10H2,1-4H3,(H,20,21). The monoisotopic (exact) mass is 375 g/mol. The Morgan fingerprint density at radius 1 is 1.12 bits per heavy atom. The van der Waals surface area contributed by atoms with Gasteiger partial charge in [-0.05, 0) is 44.9 Å². The van der Waals surface area contributed by atoms with Crippen LogP contribution < -0.4 is 4.72 Å². The summed E-state index contributed by atoms with van der Waals surface area (Å²) < 4.78 is 28.8. The summed E-state index contributed by atoms with van der Waals surface area (Å²) in [6.45, 7) is 7.90. The van der Waals surface area contributed by atoms with Gasteiger partial charge in [-0.1, -0.05) is 24.3 Å². The lowest BCUT2D eigenvalue weighted by molar-refractivity contribution is 0.581. The second-order valence-corrected chi connectivity index (χ2v) is 9.24. The number of benzene rings is 1. The van der Waals surface area contributed by atoms with Crippen LogP contribution in [-0.2, 0) is 16.6 Å². The van der Waals surface area contributed by atoms with Gasteiger partial charge in [-0.2, -0.15) is 5.10 Å². The molecule has 0 unspecified atom stereocenters. The van der Waals surface area contributed by atoms with Gasteiger partial charge in [0.25, 0.3) is 0 Å². The number of aromatic nitrogens is 2. The maximum absolute atomic E-state index is 13.0. The van der Waals surface area contributed by atoms with Crippen molar-refractivity contribution in [2.24, 2.45) is 0 Å². The molecule has 0 radical (unpaired) electrons. The normalized spacial score (nSPS) is 11.8. The number of H-pyrrole nitrogens is 1. The number of hydrogen-bond acceptors (Lipinski definition) is 4. The van der Waals surface area contributed by atoms with E-state index in [-0.39, 0.29) is 6.54 Å². The average Bonchev–Trinajstić information content (AvgIpc) is 3.09. The molecule has 5 nitrogen and oxygen atoms in total. The lowest BCUT2D eigenvalue weighted by Gasteiger charge is -2.10. The largest absolute Gasteiger partial charge is 0.282 e. The van der Waals surface area contributed by atoms with Gasteiger partial charge in [-0.25, -0.2) is 13.1 Å². The van der Waals surface area contributed by atoms with Gasteiger partial charge in [-0.15, -0.1) is 11.3 Å². The van der Waals surface area contributed by atoms with E-state index in [2.05, 4.69) is 14.9 Å². The first-order valence-corrected chi connectivity index (χ1v) is 10.3. The van der Waals surface area contributed by atoms with Crippen LogP contribution in [0.5, 0.6) is 0 Å². The SMILES string of the molecule is Cc1cc(-c2c(C)sc(C)c2S(=O)(=O)NCc2ccccc2C)n[nH]1. The number of hydrogen-bond donors (Lipinski definition) is 2. The van der Waals surface area contributed by atoms with E-state index in [0.29, 0.717) is 16.2 Å². The minimum absolute atomic E-state index is 0.266. The molecule has 0 aliphatic heterocycles. The Morgan fingerprint density at radius 3 is 2.48 bits per heavy atom. The highest BCUT2D eigenvalue weighted by atomic mass is 32.2. The van der Waals surface area contributed by atoms with Crippen LogP contribution in [0, 0.1) is 27.7 Å². The molecule has 0 aliphatic carbocycles. The fraction of sp³-hybridized carbons (Fsp3) is 0.278. The molecule has 0 atom stereocenters. The Balaban J connectivity index is 1.99. The van der Waals surface area contributed by atoms with Gasteiger partial charge in [-0.3, -0.25) is 5.10 Å². The summed E-state index contributed by atoms with van der Waals surface area (Å²) in [5.41, 5.74) is 4.27. The molecule has 0 amide bonds. The lowest BCUT2D eigenvalue weighted by Crippen LogP contribution is -2.24. The van der Waals surface area contributed by atoms with Crippen molar-refractivity contribution in [3.8, 4) is 11.3 Å². The van der Waals surface area contributed by atoms with Gasteiger partial charge in [0.05, 0.1) is 5.69 Å². The molecule has 132 valence electrons. The zero-order valence-corrected chi connectivity index (χ0v) is 16.3. The van der Waals surface area contributed by atoms with E-state index in [1.807, 2.05) is 58.0 Å². The van der Waals surface area contributed by atoms with Crippen LogP contribution in [0.25, 0.3) is 11.3 Å². The number of rotatable bonds is 5. The Morgan fingerprint density at radius 2 is 1.84 bits per heavy atom. The van der Waals surface area contributed by atoms with Crippen molar-refractivity contribution in [1.82, 2.24) is 14.9 Å². The Labute approximate surface area is 152 Å². The van der Waals surface area contributed by atoms with E-state index in [0.717, 1.165) is 26.6 Å². The molecule has 25 heavy (non-hydrogen) atoms. The fourth-order valence-corrected chi connectivity index (χ4v) is 5.76. The van der Waals surface area contributed by atoms with Crippen molar-refractivity contribution in [2.45, 2.75) is 39.1 Å². The second-order valence-electron chi connectivity index (χ2n) is 6.11. The number of nitrogens with zero attached hydrogens (tertiary/aromatic N) is 1. The molecule has 7 heteroatoms. The van der Waals surface area contributed by atoms with Crippen LogP contribution in [0.4, 0.5) is 0 Å². The summed E-state index contributed by atoms with van der Waals surface area (Å²) in [6.07, 6.45) is 0. The first kappa shape index (κ1) is 17.8.